The topological polar surface area (TPSA) is 143 Å². The summed E-state index contributed by atoms with van der Waals surface area (Å²) in [6.45, 7) is 16.9. The molecule has 12 nitrogen and oxygen atoms in total. The number of aromatic amines is 1. The quantitative estimate of drug-likeness (QED) is 0.0786. The van der Waals surface area contributed by atoms with Crippen molar-refractivity contribution in [3.05, 3.63) is 75.4 Å². The lowest BCUT2D eigenvalue weighted by Gasteiger charge is -2.19. The second kappa shape index (κ2) is 18.8. The Morgan fingerprint density at radius 2 is 1.27 bits per heavy atom. The summed E-state index contributed by atoms with van der Waals surface area (Å²) in [7, 11) is 0. The lowest BCUT2D eigenvalue weighted by Crippen LogP contribution is -2.24. The van der Waals surface area contributed by atoms with Crippen LogP contribution < -0.4 is 9.47 Å². The molecule has 4 aromatic heterocycles. The van der Waals surface area contributed by atoms with Gasteiger partial charge in [0.25, 0.3) is 0 Å². The number of ether oxygens (including phenoxy) is 4. The van der Waals surface area contributed by atoms with Crippen LogP contribution in [0.2, 0.25) is 15.5 Å². The molecule has 55 heavy (non-hydrogen) atoms. The molecule has 300 valence electrons. The lowest BCUT2D eigenvalue weighted by atomic mass is 10.0. The molecule has 0 amide bonds. The highest BCUT2D eigenvalue weighted by molar-refractivity contribution is 6.34. The van der Waals surface area contributed by atoms with Crippen LogP contribution in [0.25, 0.3) is 5.82 Å². The van der Waals surface area contributed by atoms with E-state index in [4.69, 9.17) is 53.8 Å². The molecule has 2 fully saturated rings. The molecule has 4 aromatic rings. The predicted octanol–water partition coefficient (Wildman–Crippen LogP) is 10.5. The maximum atomic E-state index is 12.2. The summed E-state index contributed by atoms with van der Waals surface area (Å²) in [6.07, 6.45) is 13.6. The first-order chi connectivity index (χ1) is 25.7. The van der Waals surface area contributed by atoms with E-state index in [0.717, 1.165) is 25.3 Å². The third kappa shape index (κ3) is 15.7. The van der Waals surface area contributed by atoms with Gasteiger partial charge in [0, 0.05) is 18.3 Å². The SMILES string of the molecule is CC(C)(C)OC(=O)c1ccc(Cl)nc1Cl.CC1(CCCOc2ccn(-c3ccc(C(=O)OC(C)(C)C)c(Cl)n3)n2)CC1.CC1(CCCOc2ccn[nH]2)CC1. The Bertz CT molecular complexity index is 1860. The molecule has 0 aliphatic heterocycles. The Morgan fingerprint density at radius 3 is 1.75 bits per heavy atom. The molecule has 0 bridgehead atoms. The zero-order valence-corrected chi connectivity index (χ0v) is 35.3. The Labute approximate surface area is 338 Å². The van der Waals surface area contributed by atoms with Gasteiger partial charge in [-0.2, -0.15) is 5.10 Å². The summed E-state index contributed by atoms with van der Waals surface area (Å²) in [4.78, 5) is 31.8. The second-order valence-electron chi connectivity index (χ2n) is 16.5. The summed E-state index contributed by atoms with van der Waals surface area (Å²) in [6, 6.07) is 9.89. The molecule has 6 rings (SSSR count). The van der Waals surface area contributed by atoms with Crippen LogP contribution in [0.1, 0.15) is 127 Å². The fourth-order valence-electron chi connectivity index (χ4n) is 5.05. The number of carbonyl (C=O) groups is 2. The van der Waals surface area contributed by atoms with Crippen molar-refractivity contribution in [1.82, 2.24) is 29.9 Å². The van der Waals surface area contributed by atoms with Crippen LogP contribution in [0.3, 0.4) is 0 Å². The lowest BCUT2D eigenvalue weighted by molar-refractivity contribution is 0.00567. The van der Waals surface area contributed by atoms with Gasteiger partial charge in [0.15, 0.2) is 5.82 Å². The number of carbonyl (C=O) groups excluding carboxylic acids is 2. The smallest absolute Gasteiger partial charge is 0.341 e. The van der Waals surface area contributed by atoms with Gasteiger partial charge in [-0.1, -0.05) is 48.7 Å². The number of hydrogen-bond donors (Lipinski definition) is 1. The molecule has 0 unspecified atom stereocenters. The fraction of sp³-hybridized carbons (Fsp3) is 0.550. The van der Waals surface area contributed by atoms with Crippen molar-refractivity contribution in [2.24, 2.45) is 10.8 Å². The molecule has 0 spiro atoms. The van der Waals surface area contributed by atoms with E-state index in [1.165, 1.54) is 50.7 Å². The van der Waals surface area contributed by atoms with Crippen LogP contribution in [-0.2, 0) is 9.47 Å². The summed E-state index contributed by atoms with van der Waals surface area (Å²) in [5, 5.41) is 11.3. The molecule has 4 heterocycles. The molecule has 0 atom stereocenters. The number of hydrogen-bond acceptors (Lipinski definition) is 10. The predicted molar refractivity (Wildman–Crippen MR) is 214 cm³/mol. The maximum Gasteiger partial charge on any atom is 0.341 e. The highest BCUT2D eigenvalue weighted by Crippen LogP contribution is 2.49. The van der Waals surface area contributed by atoms with Gasteiger partial charge in [-0.25, -0.2) is 29.3 Å². The number of nitrogens with zero attached hydrogens (tertiary/aromatic N) is 5. The van der Waals surface area contributed by atoms with Crippen molar-refractivity contribution >= 4 is 46.7 Å². The molecule has 2 aliphatic rings. The molecule has 1 N–H and O–H groups in total. The first-order valence-corrected chi connectivity index (χ1v) is 19.6. The van der Waals surface area contributed by atoms with Crippen LogP contribution in [0.4, 0.5) is 0 Å². The van der Waals surface area contributed by atoms with Crippen LogP contribution in [0.15, 0.2) is 48.8 Å². The summed E-state index contributed by atoms with van der Waals surface area (Å²) < 4.78 is 23.2. The molecule has 15 heteroatoms. The number of aromatic nitrogens is 6. The molecular formula is C40H53Cl3N6O6. The molecule has 2 saturated carbocycles. The minimum absolute atomic E-state index is 0.0525. The van der Waals surface area contributed by atoms with E-state index in [-0.39, 0.29) is 26.6 Å². The largest absolute Gasteiger partial charge is 0.478 e. The number of H-pyrrole nitrogens is 1. The van der Waals surface area contributed by atoms with Gasteiger partial charge in [0.2, 0.25) is 11.8 Å². The monoisotopic (exact) mass is 818 g/mol. The van der Waals surface area contributed by atoms with Crippen LogP contribution >= 0.6 is 34.8 Å². The summed E-state index contributed by atoms with van der Waals surface area (Å²) >= 11 is 17.5. The molecule has 0 aromatic carbocycles. The average Bonchev–Trinajstić information content (AvgIpc) is 3.82. The van der Waals surface area contributed by atoms with Crippen molar-refractivity contribution in [2.75, 3.05) is 13.2 Å². The maximum absolute atomic E-state index is 12.2. The van der Waals surface area contributed by atoms with E-state index < -0.39 is 23.1 Å². The van der Waals surface area contributed by atoms with Crippen molar-refractivity contribution < 1.29 is 28.5 Å². The van der Waals surface area contributed by atoms with Gasteiger partial charge in [-0.05, 0) is 128 Å². The number of halogens is 3. The Kier molecular flexibility index (Phi) is 15.0. The van der Waals surface area contributed by atoms with Gasteiger partial charge < -0.3 is 18.9 Å². The third-order valence-electron chi connectivity index (χ3n) is 8.72. The highest BCUT2D eigenvalue weighted by Gasteiger charge is 2.36. The van der Waals surface area contributed by atoms with Crippen molar-refractivity contribution in [3.8, 4) is 17.6 Å². The van der Waals surface area contributed by atoms with E-state index in [2.05, 4.69) is 39.1 Å². The first kappa shape index (κ1) is 43.9. The molecular weight excluding hydrogens is 767 g/mol. The van der Waals surface area contributed by atoms with Gasteiger partial charge >= 0.3 is 11.9 Å². The minimum Gasteiger partial charge on any atom is -0.478 e. The van der Waals surface area contributed by atoms with Crippen LogP contribution in [0, 0.1) is 10.8 Å². The molecule has 2 aliphatic carbocycles. The normalized spacial score (nSPS) is 15.0. The van der Waals surface area contributed by atoms with Crippen molar-refractivity contribution in [2.45, 2.75) is 118 Å². The number of rotatable bonds is 13. The van der Waals surface area contributed by atoms with Crippen molar-refractivity contribution in [1.29, 1.82) is 0 Å². The van der Waals surface area contributed by atoms with Crippen LogP contribution in [0.5, 0.6) is 11.8 Å². The van der Waals surface area contributed by atoms with Gasteiger partial charge in [0.1, 0.15) is 26.7 Å². The zero-order chi connectivity index (χ0) is 40.4. The van der Waals surface area contributed by atoms with E-state index in [1.54, 1.807) is 76.8 Å². The zero-order valence-electron chi connectivity index (χ0n) is 33.0. The third-order valence-corrected chi connectivity index (χ3v) is 9.51. The Hall–Kier alpha value is -3.87. The fourth-order valence-corrected chi connectivity index (χ4v) is 5.70. The second-order valence-corrected chi connectivity index (χ2v) is 17.6. The van der Waals surface area contributed by atoms with E-state index in [0.29, 0.717) is 29.1 Å². The molecule has 0 radical (unpaired) electrons. The van der Waals surface area contributed by atoms with E-state index in [9.17, 15) is 9.59 Å². The van der Waals surface area contributed by atoms with E-state index in [1.807, 2.05) is 6.07 Å². The summed E-state index contributed by atoms with van der Waals surface area (Å²) in [5.74, 6) is 0.829. The molecule has 0 saturated heterocycles. The summed E-state index contributed by atoms with van der Waals surface area (Å²) in [5.41, 5.74) is 0.490. The Balaban J connectivity index is 0.000000202. The van der Waals surface area contributed by atoms with E-state index >= 15 is 0 Å². The van der Waals surface area contributed by atoms with Crippen molar-refractivity contribution in [3.63, 3.8) is 0 Å². The van der Waals surface area contributed by atoms with Gasteiger partial charge in [0.05, 0.1) is 30.5 Å². The van der Waals surface area contributed by atoms with Crippen LogP contribution in [-0.4, -0.2) is 66.3 Å². The number of esters is 2. The van der Waals surface area contributed by atoms with Gasteiger partial charge in [-0.15, -0.1) is 5.10 Å². The number of pyridine rings is 2. The van der Waals surface area contributed by atoms with Gasteiger partial charge in [-0.3, -0.25) is 0 Å². The average molecular weight is 820 g/mol. The first-order valence-electron chi connectivity index (χ1n) is 18.5. The Morgan fingerprint density at radius 1 is 0.745 bits per heavy atom. The standard InChI is InChI=1S/C20H26ClN3O3.C10H11Cl2NO2.C10H16N2O/c1-19(2,3)27-18(25)14-6-7-15(22-17(14)21)24-12-8-16(23-24)26-13-5-9-20(4)10-11-20;1-10(2,3)15-9(14)6-4-5-7(11)13-8(6)12;1-10(5-6-10)4-2-8-13-9-3-7-11-12-9/h6-8,12H,5,9-11,13H2,1-4H3;4-5H,1-3H3;3,7H,2,4-6,8H2,1H3,(H,11,12). The number of nitrogens with one attached hydrogen (secondary N) is 1. The minimum atomic E-state index is -0.593. The highest BCUT2D eigenvalue weighted by atomic mass is 35.5.